The summed E-state index contributed by atoms with van der Waals surface area (Å²) >= 11 is 0. The molecule has 1 aromatic rings. The number of aromatic nitrogens is 1. The number of rotatable bonds is 5. The Morgan fingerprint density at radius 2 is 1.83 bits per heavy atom. The predicted octanol–water partition coefficient (Wildman–Crippen LogP) is 4.84. The Kier molecular flexibility index (Phi) is 5.36. The molecular weight excluding hydrogens is 301 g/mol. The second-order valence-corrected chi connectivity index (χ2v) is 7.27. The minimum absolute atomic E-state index is 0.359. The Balaban J connectivity index is 2.44. The zero-order valence-corrected chi connectivity index (χ0v) is 16.2. The Bertz CT molecular complexity index is 639. The van der Waals surface area contributed by atoms with Gasteiger partial charge in [0.1, 0.15) is 5.76 Å². The molecule has 1 N–H and O–H groups in total. The topological polar surface area (TPSA) is 43.5 Å². The van der Waals surface area contributed by atoms with Crippen molar-refractivity contribution in [2.75, 3.05) is 7.11 Å². The van der Waals surface area contributed by atoms with Gasteiger partial charge in [-0.1, -0.05) is 13.0 Å². The summed E-state index contributed by atoms with van der Waals surface area (Å²) in [7, 11) is 1.32. The van der Waals surface area contributed by atoms with E-state index >= 15 is 0 Å². The quantitative estimate of drug-likeness (QED) is 0.620. The average molecular weight is 331 g/mol. The fourth-order valence-electron chi connectivity index (χ4n) is 2.84. The molecule has 2 heterocycles. The van der Waals surface area contributed by atoms with Crippen LogP contribution in [-0.2, 0) is 14.0 Å². The summed E-state index contributed by atoms with van der Waals surface area (Å²) < 4.78 is 18.1. The second-order valence-electron chi connectivity index (χ2n) is 7.27. The van der Waals surface area contributed by atoms with Gasteiger partial charge < -0.3 is 19.0 Å². The van der Waals surface area contributed by atoms with Crippen molar-refractivity contribution in [1.29, 1.82) is 0 Å². The van der Waals surface area contributed by atoms with Gasteiger partial charge in [-0.15, -0.1) is 0 Å². The van der Waals surface area contributed by atoms with E-state index in [4.69, 9.17) is 14.0 Å². The molecule has 0 saturated carbocycles. The number of nitrogens with one attached hydrogen (secondary N) is 1. The van der Waals surface area contributed by atoms with Crippen LogP contribution in [0.1, 0.15) is 66.1 Å². The van der Waals surface area contributed by atoms with E-state index in [2.05, 4.69) is 58.7 Å². The first-order valence-corrected chi connectivity index (χ1v) is 8.62. The van der Waals surface area contributed by atoms with Crippen LogP contribution in [0.2, 0.25) is 0 Å². The number of H-pyrrole nitrogens is 1. The van der Waals surface area contributed by atoms with Gasteiger partial charge in [0.05, 0.1) is 24.0 Å². The van der Waals surface area contributed by atoms with Gasteiger partial charge in [-0.25, -0.2) is 0 Å². The lowest BCUT2D eigenvalue weighted by Gasteiger charge is -2.32. The van der Waals surface area contributed by atoms with Crippen LogP contribution in [0, 0.1) is 0 Å². The monoisotopic (exact) mass is 331 g/mol. The summed E-state index contributed by atoms with van der Waals surface area (Å²) in [5.74, 6) is 0.883. The van der Waals surface area contributed by atoms with Crippen LogP contribution in [0.3, 0.4) is 0 Å². The summed E-state index contributed by atoms with van der Waals surface area (Å²) in [5.41, 5.74) is 3.53. The van der Waals surface area contributed by atoms with Gasteiger partial charge >= 0.3 is 7.12 Å². The molecule has 1 aliphatic heterocycles. The fourth-order valence-corrected chi connectivity index (χ4v) is 2.84. The Morgan fingerprint density at radius 1 is 1.25 bits per heavy atom. The smallest absolute Gasteiger partial charge is 0.495 e. The molecule has 1 aliphatic rings. The molecule has 1 fully saturated rings. The highest BCUT2D eigenvalue weighted by Crippen LogP contribution is 2.41. The Labute approximate surface area is 146 Å². The number of hydrogen-bond donors (Lipinski definition) is 1. The molecule has 0 bridgehead atoms. The number of hydrogen-bond acceptors (Lipinski definition) is 3. The minimum Gasteiger partial charge on any atom is -0.495 e. The predicted molar refractivity (Wildman–Crippen MR) is 100 cm³/mol. The van der Waals surface area contributed by atoms with E-state index in [1.807, 2.05) is 13.1 Å². The molecule has 1 aromatic heterocycles. The molecule has 1 saturated heterocycles. The third-order valence-electron chi connectivity index (χ3n) is 5.23. The zero-order valence-electron chi connectivity index (χ0n) is 16.2. The van der Waals surface area contributed by atoms with Gasteiger partial charge in [-0.3, -0.25) is 0 Å². The van der Waals surface area contributed by atoms with E-state index in [1.165, 1.54) is 5.57 Å². The standard InChI is InChI=1S/C19H30BNO3/c1-9-13(3)17(22-8)16-14(11-12-21-16)15(10-2)20-23-18(4,5)19(6,7)24-20/h10-12,21H,9H2,1-8H3/b15-10+,17-13-. The van der Waals surface area contributed by atoms with Gasteiger partial charge in [0.2, 0.25) is 0 Å². The van der Waals surface area contributed by atoms with Crippen LogP contribution >= 0.6 is 0 Å². The normalized spacial score (nSPS) is 21.0. The van der Waals surface area contributed by atoms with Crippen molar-refractivity contribution in [2.24, 2.45) is 0 Å². The fraction of sp³-hybridized carbons (Fsp3) is 0.579. The van der Waals surface area contributed by atoms with Gasteiger partial charge in [0.25, 0.3) is 0 Å². The number of allylic oxidation sites excluding steroid dienone is 2. The lowest BCUT2D eigenvalue weighted by atomic mass is 9.73. The van der Waals surface area contributed by atoms with E-state index in [9.17, 15) is 0 Å². The van der Waals surface area contributed by atoms with Crippen molar-refractivity contribution >= 4 is 18.4 Å². The Hall–Kier alpha value is -1.46. The van der Waals surface area contributed by atoms with Crippen LogP contribution in [-0.4, -0.2) is 30.4 Å². The maximum Gasteiger partial charge on any atom is 0.495 e. The maximum atomic E-state index is 6.23. The molecule has 132 valence electrons. The third-order valence-corrected chi connectivity index (χ3v) is 5.23. The number of ether oxygens (including phenoxy) is 1. The van der Waals surface area contributed by atoms with Crippen molar-refractivity contribution in [3.05, 3.63) is 35.2 Å². The number of aromatic amines is 1. The Morgan fingerprint density at radius 3 is 2.29 bits per heavy atom. The van der Waals surface area contributed by atoms with E-state index in [-0.39, 0.29) is 11.2 Å². The van der Waals surface area contributed by atoms with Crippen molar-refractivity contribution in [3.63, 3.8) is 0 Å². The summed E-state index contributed by atoms with van der Waals surface area (Å²) in [5, 5.41) is 0. The first-order chi connectivity index (χ1) is 11.2. The van der Waals surface area contributed by atoms with E-state index in [1.54, 1.807) is 7.11 Å². The molecule has 0 atom stereocenters. The summed E-state index contributed by atoms with van der Waals surface area (Å²) in [6.45, 7) is 14.5. The highest BCUT2D eigenvalue weighted by molar-refractivity contribution is 6.69. The molecule has 24 heavy (non-hydrogen) atoms. The molecule has 0 aliphatic carbocycles. The molecular formula is C19H30BNO3. The van der Waals surface area contributed by atoms with Crippen molar-refractivity contribution in [1.82, 2.24) is 4.98 Å². The van der Waals surface area contributed by atoms with Crippen LogP contribution < -0.4 is 0 Å². The highest BCUT2D eigenvalue weighted by atomic mass is 16.7. The second kappa shape index (κ2) is 6.81. The van der Waals surface area contributed by atoms with E-state index in [0.717, 1.165) is 28.9 Å². The van der Waals surface area contributed by atoms with Gasteiger partial charge in [0.15, 0.2) is 0 Å². The van der Waals surface area contributed by atoms with E-state index < -0.39 is 7.12 Å². The zero-order chi connectivity index (χ0) is 18.1. The largest absolute Gasteiger partial charge is 0.495 e. The van der Waals surface area contributed by atoms with Crippen molar-refractivity contribution < 1.29 is 14.0 Å². The van der Waals surface area contributed by atoms with Gasteiger partial charge in [0, 0.05) is 11.8 Å². The van der Waals surface area contributed by atoms with Crippen LogP contribution in [0.4, 0.5) is 0 Å². The number of methoxy groups -OCH3 is 1. The molecule has 5 heteroatoms. The first kappa shape index (κ1) is 18.9. The molecule has 2 rings (SSSR count). The molecule has 0 aromatic carbocycles. The van der Waals surface area contributed by atoms with Gasteiger partial charge in [-0.05, 0) is 65.1 Å². The summed E-state index contributed by atoms with van der Waals surface area (Å²) in [6, 6.07) is 2.05. The molecule has 0 radical (unpaired) electrons. The lowest BCUT2D eigenvalue weighted by molar-refractivity contribution is 0.00578. The average Bonchev–Trinajstić information content (AvgIpc) is 3.04. The van der Waals surface area contributed by atoms with E-state index in [0.29, 0.717) is 0 Å². The van der Waals surface area contributed by atoms with Crippen LogP contribution in [0.25, 0.3) is 11.2 Å². The molecule has 0 unspecified atom stereocenters. The molecule has 0 spiro atoms. The molecule has 0 amide bonds. The molecule has 4 nitrogen and oxygen atoms in total. The highest BCUT2D eigenvalue weighted by Gasteiger charge is 2.52. The SMILES string of the molecule is C/C=C(/B1OC(C)(C)C(C)(C)O1)c1cc[nH]c1/C(OC)=C(\C)CC. The van der Waals surface area contributed by atoms with Crippen molar-refractivity contribution in [2.45, 2.75) is 66.1 Å². The summed E-state index contributed by atoms with van der Waals surface area (Å²) in [6.07, 6.45) is 4.92. The van der Waals surface area contributed by atoms with Crippen molar-refractivity contribution in [3.8, 4) is 0 Å². The summed E-state index contributed by atoms with van der Waals surface area (Å²) in [4.78, 5) is 3.32. The van der Waals surface area contributed by atoms with Crippen LogP contribution in [0.5, 0.6) is 0 Å². The third kappa shape index (κ3) is 3.20. The first-order valence-electron chi connectivity index (χ1n) is 8.62. The lowest BCUT2D eigenvalue weighted by Crippen LogP contribution is -2.41. The minimum atomic E-state index is -0.394. The maximum absolute atomic E-state index is 6.23. The van der Waals surface area contributed by atoms with Crippen LogP contribution in [0.15, 0.2) is 23.9 Å². The van der Waals surface area contributed by atoms with Gasteiger partial charge in [-0.2, -0.15) is 0 Å².